The summed E-state index contributed by atoms with van der Waals surface area (Å²) in [6.45, 7) is 7.71. The van der Waals surface area contributed by atoms with Crippen LogP contribution < -0.4 is 0 Å². The Morgan fingerprint density at radius 2 is 1.95 bits per heavy atom. The Morgan fingerprint density at radius 1 is 1.32 bits per heavy atom. The van der Waals surface area contributed by atoms with E-state index < -0.39 is 5.60 Å². The van der Waals surface area contributed by atoms with Crippen LogP contribution in [0.1, 0.15) is 39.7 Å². The van der Waals surface area contributed by atoms with E-state index in [1.807, 2.05) is 45.9 Å². The van der Waals surface area contributed by atoms with Gasteiger partial charge in [-0.25, -0.2) is 0 Å². The maximum absolute atomic E-state index is 12.1. The van der Waals surface area contributed by atoms with Crippen molar-refractivity contribution >= 4 is 12.0 Å². The molecule has 0 N–H and O–H groups in total. The van der Waals surface area contributed by atoms with E-state index in [0.29, 0.717) is 5.92 Å². The topological polar surface area (TPSA) is 26.3 Å². The van der Waals surface area contributed by atoms with Gasteiger partial charge in [-0.15, -0.1) is 0 Å². The van der Waals surface area contributed by atoms with Gasteiger partial charge in [0, 0.05) is 0 Å². The normalized spacial score (nSPS) is 26.4. The minimum Gasteiger partial charge on any atom is -0.460 e. The van der Waals surface area contributed by atoms with Crippen molar-refractivity contribution < 1.29 is 9.53 Å². The highest BCUT2D eigenvalue weighted by Gasteiger charge is 2.56. The summed E-state index contributed by atoms with van der Waals surface area (Å²) >= 11 is 0. The third kappa shape index (κ3) is 3.46. The van der Waals surface area contributed by atoms with Gasteiger partial charge in [-0.2, -0.15) is 0 Å². The van der Waals surface area contributed by atoms with E-state index in [1.54, 1.807) is 0 Å². The van der Waals surface area contributed by atoms with Crippen LogP contribution in [-0.4, -0.2) is 11.6 Å². The van der Waals surface area contributed by atoms with Gasteiger partial charge in [0.25, 0.3) is 0 Å². The number of esters is 1. The number of hydrogen-bond acceptors (Lipinski definition) is 2. The summed E-state index contributed by atoms with van der Waals surface area (Å²) in [6.07, 6.45) is 5.09. The molecule has 0 radical (unpaired) electrons. The molecule has 2 rings (SSSR count). The molecule has 0 heterocycles. The van der Waals surface area contributed by atoms with Gasteiger partial charge in [0.15, 0.2) is 0 Å². The fourth-order valence-corrected chi connectivity index (χ4v) is 2.10. The van der Waals surface area contributed by atoms with Crippen LogP contribution in [0.5, 0.6) is 0 Å². The molecule has 0 unspecified atom stereocenters. The zero-order chi connectivity index (χ0) is 14.1. The zero-order valence-electron chi connectivity index (χ0n) is 12.1. The molecule has 1 aliphatic rings. The Labute approximate surface area is 115 Å². The van der Waals surface area contributed by atoms with Gasteiger partial charge in [-0.3, -0.25) is 4.79 Å². The second-order valence-corrected chi connectivity index (χ2v) is 6.50. The molecule has 1 aliphatic carbocycles. The van der Waals surface area contributed by atoms with Gasteiger partial charge in [-0.05, 0) is 45.6 Å². The summed E-state index contributed by atoms with van der Waals surface area (Å²) in [5, 5.41) is 0. The van der Waals surface area contributed by atoms with Crippen LogP contribution in [-0.2, 0) is 9.53 Å². The molecule has 0 aliphatic heterocycles. The highest BCUT2D eigenvalue weighted by molar-refractivity contribution is 5.81. The fourth-order valence-electron chi connectivity index (χ4n) is 2.10. The van der Waals surface area contributed by atoms with Crippen LogP contribution in [0, 0.1) is 11.3 Å². The van der Waals surface area contributed by atoms with Crippen molar-refractivity contribution in [2.75, 3.05) is 0 Å². The molecule has 1 aromatic rings. The monoisotopic (exact) mass is 258 g/mol. The van der Waals surface area contributed by atoms with Gasteiger partial charge in [0.2, 0.25) is 0 Å². The van der Waals surface area contributed by atoms with Crippen molar-refractivity contribution in [1.82, 2.24) is 0 Å². The minimum atomic E-state index is -0.406. The molecular formula is C17H22O2. The predicted octanol–water partition coefficient (Wildman–Crippen LogP) is 4.07. The lowest BCUT2D eigenvalue weighted by molar-refractivity contribution is -0.161. The van der Waals surface area contributed by atoms with E-state index in [0.717, 1.165) is 6.42 Å². The van der Waals surface area contributed by atoms with Crippen LogP contribution in [0.25, 0.3) is 6.08 Å². The minimum absolute atomic E-state index is 0.0808. The summed E-state index contributed by atoms with van der Waals surface area (Å²) in [5.74, 6) is 0.213. The average Bonchev–Trinajstić information content (AvgIpc) is 2.99. The first-order valence-corrected chi connectivity index (χ1v) is 6.78. The summed E-state index contributed by atoms with van der Waals surface area (Å²) in [7, 11) is 0. The molecule has 0 bridgehead atoms. The van der Waals surface area contributed by atoms with Crippen molar-refractivity contribution in [3.63, 3.8) is 0 Å². The van der Waals surface area contributed by atoms with Gasteiger partial charge in [-0.1, -0.05) is 42.5 Å². The summed E-state index contributed by atoms with van der Waals surface area (Å²) in [5.41, 5.74) is 0.426. The molecule has 1 fully saturated rings. The lowest BCUT2D eigenvalue weighted by atomic mass is 10.1. The molecular weight excluding hydrogens is 236 g/mol. The Bertz CT molecular complexity index is 482. The number of rotatable bonds is 3. The third-order valence-electron chi connectivity index (χ3n) is 3.49. The van der Waals surface area contributed by atoms with E-state index in [9.17, 15) is 4.79 Å². The van der Waals surface area contributed by atoms with E-state index in [2.05, 4.69) is 24.3 Å². The largest absolute Gasteiger partial charge is 0.460 e. The Balaban J connectivity index is 1.96. The van der Waals surface area contributed by atoms with Crippen molar-refractivity contribution in [2.45, 2.75) is 39.7 Å². The molecule has 2 heteroatoms. The third-order valence-corrected chi connectivity index (χ3v) is 3.49. The molecule has 2 atom stereocenters. The highest BCUT2D eigenvalue weighted by atomic mass is 16.6. The maximum atomic E-state index is 12.1. The number of hydrogen-bond donors (Lipinski definition) is 0. The number of ether oxygens (including phenoxy) is 1. The number of carbonyl (C=O) groups is 1. The van der Waals surface area contributed by atoms with Gasteiger partial charge < -0.3 is 4.74 Å². The van der Waals surface area contributed by atoms with E-state index in [1.165, 1.54) is 5.56 Å². The smallest absolute Gasteiger partial charge is 0.312 e. The maximum Gasteiger partial charge on any atom is 0.312 e. The predicted molar refractivity (Wildman–Crippen MR) is 77.5 cm³/mol. The van der Waals surface area contributed by atoms with E-state index >= 15 is 0 Å². The van der Waals surface area contributed by atoms with Crippen LogP contribution in [0.3, 0.4) is 0 Å². The second kappa shape index (κ2) is 4.84. The molecule has 0 aromatic heterocycles. The van der Waals surface area contributed by atoms with E-state index in [-0.39, 0.29) is 11.4 Å². The van der Waals surface area contributed by atoms with Crippen molar-refractivity contribution in [1.29, 1.82) is 0 Å². The lowest BCUT2D eigenvalue weighted by Gasteiger charge is -2.22. The summed E-state index contributed by atoms with van der Waals surface area (Å²) < 4.78 is 5.47. The van der Waals surface area contributed by atoms with Gasteiger partial charge >= 0.3 is 5.97 Å². The molecule has 1 saturated carbocycles. The number of benzene rings is 1. The van der Waals surface area contributed by atoms with Crippen molar-refractivity contribution in [2.24, 2.45) is 11.3 Å². The highest BCUT2D eigenvalue weighted by Crippen LogP contribution is 2.54. The fraction of sp³-hybridized carbons (Fsp3) is 0.471. The first kappa shape index (κ1) is 13.9. The SMILES string of the molecule is CC(C)(C)OC(=O)[C@]1(C)C[C@H]1/C=C/c1ccccc1. The van der Waals surface area contributed by atoms with Crippen molar-refractivity contribution in [3.8, 4) is 0 Å². The number of allylic oxidation sites excluding steroid dienone is 1. The molecule has 19 heavy (non-hydrogen) atoms. The van der Waals surface area contributed by atoms with Crippen LogP contribution >= 0.6 is 0 Å². The van der Waals surface area contributed by atoms with E-state index in [4.69, 9.17) is 4.74 Å². The molecule has 0 saturated heterocycles. The summed E-state index contributed by atoms with van der Waals surface area (Å²) in [4.78, 5) is 12.1. The van der Waals surface area contributed by atoms with Crippen LogP contribution in [0.2, 0.25) is 0 Å². The second-order valence-electron chi connectivity index (χ2n) is 6.50. The zero-order valence-corrected chi connectivity index (χ0v) is 12.1. The molecule has 0 spiro atoms. The Hall–Kier alpha value is -1.57. The van der Waals surface area contributed by atoms with Gasteiger partial charge in [0.1, 0.15) is 5.60 Å². The average molecular weight is 258 g/mol. The van der Waals surface area contributed by atoms with Crippen LogP contribution in [0.15, 0.2) is 36.4 Å². The van der Waals surface area contributed by atoms with Crippen LogP contribution in [0.4, 0.5) is 0 Å². The van der Waals surface area contributed by atoms with Gasteiger partial charge in [0.05, 0.1) is 5.41 Å². The molecule has 102 valence electrons. The molecule has 2 nitrogen and oxygen atoms in total. The van der Waals surface area contributed by atoms with Crippen molar-refractivity contribution in [3.05, 3.63) is 42.0 Å². The number of carbonyl (C=O) groups excluding carboxylic acids is 1. The molecule has 0 amide bonds. The summed E-state index contributed by atoms with van der Waals surface area (Å²) in [6, 6.07) is 10.1. The Morgan fingerprint density at radius 3 is 2.53 bits per heavy atom. The quantitative estimate of drug-likeness (QED) is 0.764. The first-order valence-electron chi connectivity index (χ1n) is 6.78. The molecule has 1 aromatic carbocycles. The first-order chi connectivity index (χ1) is 8.81. The lowest BCUT2D eigenvalue weighted by Crippen LogP contribution is -2.29. The standard InChI is InChI=1S/C17H22O2/c1-16(2,3)19-15(18)17(4)12-14(17)11-10-13-8-6-5-7-9-13/h5-11,14H,12H2,1-4H3/b11-10+/t14-,17-/m1/s1. The Kier molecular flexibility index (Phi) is 3.53.